The summed E-state index contributed by atoms with van der Waals surface area (Å²) in [4.78, 5) is 0. The summed E-state index contributed by atoms with van der Waals surface area (Å²) >= 11 is 0. The number of phosphoric acid groups is 1. The van der Waals surface area contributed by atoms with Crippen molar-refractivity contribution in [2.75, 3.05) is 7.11 Å². The van der Waals surface area contributed by atoms with Crippen LogP contribution in [0.1, 0.15) is 74.9 Å². The maximum Gasteiger partial charge on any atom is 0.587 e. The summed E-state index contributed by atoms with van der Waals surface area (Å²) in [6, 6.07) is 8.41. The number of phosphoric ester groups is 1. The number of fused-ring (bicyclic) bond motifs is 2. The molecule has 0 radical (unpaired) electrons. The predicted octanol–water partition coefficient (Wildman–Crippen LogP) is 7.01. The molecule has 158 valence electrons. The lowest BCUT2D eigenvalue weighted by Crippen LogP contribution is -2.20. The normalized spacial score (nSPS) is 16.0. The Kier molecular flexibility index (Phi) is 5.43. The molecule has 1 heterocycles. The lowest BCUT2D eigenvalue weighted by atomic mass is 9.81. The first-order valence-corrected chi connectivity index (χ1v) is 11.5. The van der Waals surface area contributed by atoms with Crippen LogP contribution >= 0.6 is 7.82 Å². The third kappa shape index (κ3) is 4.39. The first-order chi connectivity index (χ1) is 13.2. The Hall–Kier alpha value is -1.77. The van der Waals surface area contributed by atoms with Crippen molar-refractivity contribution in [3.8, 4) is 11.5 Å². The Morgan fingerprint density at radius 2 is 1.17 bits per heavy atom. The maximum absolute atomic E-state index is 13.6. The summed E-state index contributed by atoms with van der Waals surface area (Å²) in [5, 5.41) is 0. The van der Waals surface area contributed by atoms with Crippen molar-refractivity contribution < 1.29 is 18.1 Å². The fourth-order valence-corrected chi connectivity index (χ4v) is 4.88. The van der Waals surface area contributed by atoms with Gasteiger partial charge in [0, 0.05) is 24.7 Å². The van der Waals surface area contributed by atoms with E-state index in [1.54, 1.807) is 0 Å². The van der Waals surface area contributed by atoms with Crippen molar-refractivity contribution >= 4 is 7.82 Å². The Bertz CT molecular complexity index is 918. The fraction of sp³-hybridized carbons (Fsp3) is 0.500. The summed E-state index contributed by atoms with van der Waals surface area (Å²) in [6.07, 6.45) is 0.643. The van der Waals surface area contributed by atoms with Gasteiger partial charge >= 0.3 is 7.82 Å². The fourth-order valence-electron chi connectivity index (χ4n) is 3.81. The van der Waals surface area contributed by atoms with E-state index in [1.807, 2.05) is 0 Å². The van der Waals surface area contributed by atoms with Gasteiger partial charge in [-0.05, 0) is 35.8 Å². The molecule has 0 unspecified atom stereocenters. The molecule has 2 aromatic rings. The number of rotatable bonds is 1. The van der Waals surface area contributed by atoms with Gasteiger partial charge in [-0.3, -0.25) is 4.52 Å². The summed E-state index contributed by atoms with van der Waals surface area (Å²) in [5.41, 5.74) is 5.94. The van der Waals surface area contributed by atoms with E-state index in [-0.39, 0.29) is 10.8 Å². The van der Waals surface area contributed by atoms with E-state index < -0.39 is 7.82 Å². The van der Waals surface area contributed by atoms with Crippen LogP contribution in [-0.2, 0) is 26.3 Å². The van der Waals surface area contributed by atoms with Gasteiger partial charge in [0.25, 0.3) is 0 Å². The monoisotopic (exact) mass is 416 g/mol. The lowest BCUT2D eigenvalue weighted by Gasteiger charge is -2.32. The molecule has 2 aromatic carbocycles. The number of hydrogen-bond acceptors (Lipinski definition) is 4. The molecule has 1 aliphatic rings. The van der Waals surface area contributed by atoms with E-state index in [2.05, 4.69) is 79.7 Å². The quantitative estimate of drug-likeness (QED) is 0.469. The van der Waals surface area contributed by atoms with Crippen LogP contribution in [0.15, 0.2) is 24.3 Å². The predicted molar refractivity (Wildman–Crippen MR) is 118 cm³/mol. The summed E-state index contributed by atoms with van der Waals surface area (Å²) in [5.74, 6) is 1.22. The van der Waals surface area contributed by atoms with Crippen molar-refractivity contribution in [3.63, 3.8) is 0 Å². The van der Waals surface area contributed by atoms with Crippen LogP contribution in [0.5, 0.6) is 11.5 Å². The highest BCUT2D eigenvalue weighted by Gasteiger charge is 2.38. The zero-order chi connectivity index (χ0) is 21.8. The van der Waals surface area contributed by atoms with Gasteiger partial charge in [0.2, 0.25) is 0 Å². The minimum Gasteiger partial charge on any atom is -0.394 e. The van der Waals surface area contributed by atoms with Crippen LogP contribution in [0, 0.1) is 13.8 Å². The van der Waals surface area contributed by atoms with Gasteiger partial charge in [-0.25, -0.2) is 4.57 Å². The van der Waals surface area contributed by atoms with Gasteiger partial charge < -0.3 is 9.05 Å². The molecule has 29 heavy (non-hydrogen) atoms. The van der Waals surface area contributed by atoms with E-state index in [0.29, 0.717) is 17.9 Å². The highest BCUT2D eigenvalue weighted by molar-refractivity contribution is 7.49. The van der Waals surface area contributed by atoms with E-state index in [9.17, 15) is 4.57 Å². The van der Waals surface area contributed by atoms with Gasteiger partial charge in [-0.1, -0.05) is 76.9 Å². The lowest BCUT2D eigenvalue weighted by molar-refractivity contribution is 0.243. The second kappa shape index (κ2) is 7.18. The van der Waals surface area contributed by atoms with Crippen LogP contribution in [0.2, 0.25) is 0 Å². The highest BCUT2D eigenvalue weighted by atomic mass is 31.2. The molecule has 1 aliphatic heterocycles. The van der Waals surface area contributed by atoms with Gasteiger partial charge in [0.05, 0.1) is 0 Å². The van der Waals surface area contributed by atoms with Crippen molar-refractivity contribution in [1.82, 2.24) is 0 Å². The average molecular weight is 416 g/mol. The van der Waals surface area contributed by atoms with Crippen molar-refractivity contribution in [3.05, 3.63) is 57.6 Å². The standard InChI is InChI=1S/C24H33O4P/c1-15-10-17-14-18-11-16(2)13-20(24(6,7)8)22(18)28-29(25,26-9)27-21(17)19(12-15)23(3,4)5/h10-13H,14H2,1-9H3. The number of hydrogen-bond donors (Lipinski definition) is 0. The molecule has 0 bridgehead atoms. The van der Waals surface area contributed by atoms with Crippen molar-refractivity contribution in [2.24, 2.45) is 0 Å². The van der Waals surface area contributed by atoms with Crippen LogP contribution in [0.3, 0.4) is 0 Å². The topological polar surface area (TPSA) is 44.8 Å². The third-order valence-electron chi connectivity index (χ3n) is 5.25. The minimum atomic E-state index is -3.85. The van der Waals surface area contributed by atoms with Gasteiger partial charge in [-0.2, -0.15) is 0 Å². The van der Waals surface area contributed by atoms with Crippen LogP contribution in [0.4, 0.5) is 0 Å². The average Bonchev–Trinajstić information content (AvgIpc) is 2.56. The van der Waals surface area contributed by atoms with Crippen LogP contribution in [-0.4, -0.2) is 7.11 Å². The van der Waals surface area contributed by atoms with E-state index in [0.717, 1.165) is 33.4 Å². The molecule has 0 saturated heterocycles. The summed E-state index contributed by atoms with van der Waals surface area (Å²) < 4.78 is 31.0. The Labute approximate surface area is 175 Å². The number of aryl methyl sites for hydroxylation is 2. The Balaban J connectivity index is 2.36. The van der Waals surface area contributed by atoms with Crippen LogP contribution < -0.4 is 9.05 Å². The van der Waals surface area contributed by atoms with E-state index in [4.69, 9.17) is 13.6 Å². The van der Waals surface area contributed by atoms with Gasteiger partial charge in [0.15, 0.2) is 0 Å². The molecular weight excluding hydrogens is 383 g/mol. The van der Waals surface area contributed by atoms with Gasteiger partial charge in [-0.15, -0.1) is 0 Å². The Morgan fingerprint density at radius 3 is 1.48 bits per heavy atom. The summed E-state index contributed by atoms with van der Waals surface area (Å²) in [6.45, 7) is 16.9. The molecule has 0 fully saturated rings. The minimum absolute atomic E-state index is 0.181. The zero-order valence-corrected chi connectivity index (χ0v) is 20.0. The third-order valence-corrected chi connectivity index (χ3v) is 6.51. The highest BCUT2D eigenvalue weighted by Crippen LogP contribution is 2.56. The maximum atomic E-state index is 13.6. The first kappa shape index (κ1) is 21.9. The van der Waals surface area contributed by atoms with E-state index >= 15 is 0 Å². The van der Waals surface area contributed by atoms with Crippen LogP contribution in [0.25, 0.3) is 0 Å². The second-order valence-corrected chi connectivity index (χ2v) is 11.7. The molecule has 0 atom stereocenters. The zero-order valence-electron chi connectivity index (χ0n) is 19.1. The second-order valence-electron chi connectivity index (χ2n) is 10.1. The van der Waals surface area contributed by atoms with Gasteiger partial charge in [0.1, 0.15) is 11.5 Å². The molecule has 0 spiro atoms. The Morgan fingerprint density at radius 1 is 0.793 bits per heavy atom. The SMILES string of the molecule is COP1(=O)Oc2c(cc(C)cc2C(C)(C)C)Cc2cc(C)cc(C(C)(C)C)c2O1. The molecule has 5 heteroatoms. The van der Waals surface area contributed by atoms with Crippen molar-refractivity contribution in [1.29, 1.82) is 0 Å². The van der Waals surface area contributed by atoms with Crippen molar-refractivity contribution in [2.45, 2.75) is 72.6 Å². The molecule has 0 saturated carbocycles. The molecule has 0 N–H and O–H groups in total. The molecule has 0 amide bonds. The molecule has 3 rings (SSSR count). The smallest absolute Gasteiger partial charge is 0.394 e. The largest absolute Gasteiger partial charge is 0.587 e. The molecular formula is C24H33O4P. The first-order valence-electron chi connectivity index (χ1n) is 10.1. The molecule has 4 nitrogen and oxygen atoms in total. The summed E-state index contributed by atoms with van der Waals surface area (Å²) in [7, 11) is -2.48. The molecule has 0 aliphatic carbocycles. The van der Waals surface area contributed by atoms with E-state index in [1.165, 1.54) is 7.11 Å². The number of benzene rings is 2. The molecule has 0 aromatic heterocycles.